The van der Waals surface area contributed by atoms with Gasteiger partial charge in [0, 0.05) is 75.6 Å². The minimum Gasteiger partial charge on any atom is -0.507 e. The average molecular weight is 1110 g/mol. The Morgan fingerprint density at radius 3 is 1.55 bits per heavy atom. The fourth-order valence-electron chi connectivity index (χ4n) is 6.37. The quantitative estimate of drug-likeness (QED) is 0.0256. The first-order valence-electron chi connectivity index (χ1n) is 19.7. The number of hydrogen-bond acceptors (Lipinski definition) is 19. The Kier molecular flexibility index (Phi) is 22.8. The molecule has 8 aromatic carbocycles. The molecule has 0 radical (unpaired) electrons. The second-order valence-corrected chi connectivity index (χ2v) is 17.1. The van der Waals surface area contributed by atoms with Gasteiger partial charge in [0.05, 0.1) is 32.6 Å². The predicted molar refractivity (Wildman–Crippen MR) is 253 cm³/mol. The van der Waals surface area contributed by atoms with Crippen molar-refractivity contribution in [3.8, 4) is 23.0 Å². The smallest absolute Gasteiger partial charge is 0.507 e. The number of non-ortho nitro benzene ring substituents is 2. The molecule has 0 spiro atoms. The number of nitro groups is 2. The van der Waals surface area contributed by atoms with Crippen LogP contribution in [0.2, 0.25) is 0 Å². The molecular weight excluding hydrogens is 1080 g/mol. The standard InChI is InChI=1S/C25H18N6O7S.C20H13N3O7S.Cr.3Na/c32-23-11-10-20(30-29-19-8-6-18(7-9-19)28-27-17-4-2-1-3-5-17)12-16(23)15-26-22-13-21(31(34)35)14-24(25(22)33)39(36,37)38;24-16-8-5-11-3-1-2-4-13(11)19(16)21-22-20-14-7-6-12(23(26)27)9-15(14)18(10-17(20)25)31(28,29)30;;;;/h1-15,32-33H,(H,36,37,38);1-10,24-25H,(H,28,29,30);;;;/q;;;3*+1. The van der Waals surface area contributed by atoms with Crippen LogP contribution in [0.15, 0.2) is 191 Å². The first-order chi connectivity index (χ1) is 33.3. The topological polar surface area (TPSA) is 362 Å². The number of aliphatic imine (C=N–C) groups is 1. The van der Waals surface area contributed by atoms with E-state index in [4.69, 9.17) is 0 Å². The predicted octanol–water partition coefficient (Wildman–Crippen LogP) is 2.82. The molecule has 6 N–H and O–H groups in total. The Morgan fingerprint density at radius 2 is 0.973 bits per heavy atom. The summed E-state index contributed by atoms with van der Waals surface area (Å²) in [6.45, 7) is 0. The number of fused-ring (bicyclic) bond motifs is 2. The van der Waals surface area contributed by atoms with Crippen LogP contribution in [0.4, 0.5) is 51.2 Å². The maximum atomic E-state index is 11.7. The van der Waals surface area contributed by atoms with Crippen molar-refractivity contribution in [2.24, 2.45) is 35.7 Å². The monoisotopic (exact) mass is 1110 g/mol. The van der Waals surface area contributed by atoms with Gasteiger partial charge in [0.2, 0.25) is 0 Å². The van der Waals surface area contributed by atoms with Crippen LogP contribution in [0.3, 0.4) is 0 Å². The van der Waals surface area contributed by atoms with Gasteiger partial charge in [0.15, 0.2) is 5.75 Å². The van der Waals surface area contributed by atoms with Gasteiger partial charge in [0.25, 0.3) is 31.6 Å². The summed E-state index contributed by atoms with van der Waals surface area (Å²) in [6.07, 6.45) is 1.04. The van der Waals surface area contributed by atoms with E-state index in [-0.39, 0.29) is 145 Å². The van der Waals surface area contributed by atoms with Gasteiger partial charge < -0.3 is 20.4 Å². The SMILES string of the molecule is O=[N+]([O-])c1cc(N=Cc2cc(N=Nc3ccc(N=Nc4ccccc4)cc3)ccc2O)c(O)c(S(=O)(=O)O)c1.O=[N+]([O-])c1ccc2c(N=Nc3c(O)ccc4ccccc34)c(O)cc(S(=O)(=O)O)c2c1.[Cr].[Na+].[Na+].[Na+]. The molecule has 0 fully saturated rings. The molecule has 0 saturated carbocycles. The van der Waals surface area contributed by atoms with E-state index < -0.39 is 68.4 Å². The summed E-state index contributed by atoms with van der Waals surface area (Å²) in [6, 6.07) is 35.7. The number of aromatic hydroxyl groups is 4. The molecule has 0 unspecified atom stereocenters. The summed E-state index contributed by atoms with van der Waals surface area (Å²) in [4.78, 5) is 22.7. The van der Waals surface area contributed by atoms with E-state index in [1.54, 1.807) is 54.6 Å². The van der Waals surface area contributed by atoms with Gasteiger partial charge in [-0.25, -0.2) is 0 Å². The second kappa shape index (κ2) is 27.1. The van der Waals surface area contributed by atoms with Crippen LogP contribution in [-0.4, -0.2) is 62.4 Å². The number of hydrogen-bond donors (Lipinski definition) is 6. The van der Waals surface area contributed by atoms with Crippen molar-refractivity contribution < 1.29 is 162 Å². The number of nitrogens with zero attached hydrogens (tertiary/aromatic N) is 9. The molecule has 23 nitrogen and oxygen atoms in total. The van der Waals surface area contributed by atoms with E-state index in [2.05, 4.69) is 35.7 Å². The van der Waals surface area contributed by atoms with Crippen molar-refractivity contribution in [2.45, 2.75) is 9.79 Å². The summed E-state index contributed by atoms with van der Waals surface area (Å²) in [5, 5.41) is 88.8. The molecule has 0 bridgehead atoms. The van der Waals surface area contributed by atoms with Crippen molar-refractivity contribution in [3.05, 3.63) is 171 Å². The summed E-state index contributed by atoms with van der Waals surface area (Å²) in [5.41, 5.74) is 0.492. The van der Waals surface area contributed by atoms with Crippen LogP contribution < -0.4 is 88.7 Å². The van der Waals surface area contributed by atoms with Crippen LogP contribution in [0.5, 0.6) is 23.0 Å². The summed E-state index contributed by atoms with van der Waals surface area (Å²) in [5.74, 6) is -2.04. The summed E-state index contributed by atoms with van der Waals surface area (Å²) >= 11 is 0. The number of nitro benzene ring substituents is 2. The van der Waals surface area contributed by atoms with Crippen LogP contribution in [0.1, 0.15) is 5.56 Å². The molecule has 0 aliphatic carbocycles. The number of phenolic OH excluding ortho intramolecular Hbond substituents is 4. The zero-order chi connectivity index (χ0) is 50.3. The molecule has 0 atom stereocenters. The van der Waals surface area contributed by atoms with E-state index in [1.165, 1.54) is 30.3 Å². The van der Waals surface area contributed by atoms with Crippen molar-refractivity contribution in [1.82, 2.24) is 0 Å². The molecule has 8 rings (SSSR count). The van der Waals surface area contributed by atoms with Gasteiger partial charge in [-0.05, 0) is 72.1 Å². The van der Waals surface area contributed by atoms with Crippen molar-refractivity contribution in [2.75, 3.05) is 0 Å². The Morgan fingerprint density at radius 1 is 0.459 bits per heavy atom. The molecule has 358 valence electrons. The molecule has 0 saturated heterocycles. The van der Waals surface area contributed by atoms with Crippen LogP contribution in [-0.2, 0) is 37.6 Å². The number of benzene rings is 8. The zero-order valence-corrected chi connectivity index (χ0v) is 47.5. The van der Waals surface area contributed by atoms with Gasteiger partial charge in [0.1, 0.15) is 44.1 Å². The molecule has 0 aromatic heterocycles. The summed E-state index contributed by atoms with van der Waals surface area (Å²) < 4.78 is 65.3. The van der Waals surface area contributed by atoms with Gasteiger partial charge in [-0.1, -0.05) is 48.5 Å². The molecular formula is C45H31CrN9Na3O14S2+3. The second-order valence-electron chi connectivity index (χ2n) is 14.4. The van der Waals surface area contributed by atoms with E-state index in [1.807, 2.05) is 30.3 Å². The largest absolute Gasteiger partial charge is 1.00 e. The third-order valence-corrected chi connectivity index (χ3v) is 11.5. The van der Waals surface area contributed by atoms with Crippen LogP contribution >= 0.6 is 0 Å². The molecule has 74 heavy (non-hydrogen) atoms. The zero-order valence-electron chi connectivity index (χ0n) is 38.6. The Bertz CT molecular complexity index is 3750. The van der Waals surface area contributed by atoms with E-state index >= 15 is 0 Å². The normalized spacial score (nSPS) is 11.4. The van der Waals surface area contributed by atoms with Crippen LogP contribution in [0.25, 0.3) is 21.5 Å². The Hall–Kier alpha value is -5.90. The molecule has 0 aliphatic rings. The molecule has 0 aliphatic heterocycles. The van der Waals surface area contributed by atoms with Crippen molar-refractivity contribution in [1.29, 1.82) is 0 Å². The minimum absolute atomic E-state index is 0. The van der Waals surface area contributed by atoms with Crippen LogP contribution in [0, 0.1) is 20.2 Å². The fraction of sp³-hybridized carbons (Fsp3) is 0. The van der Waals surface area contributed by atoms with Gasteiger partial charge in [-0.3, -0.25) is 34.3 Å². The Labute approximate surface area is 496 Å². The fourth-order valence-corrected chi connectivity index (χ4v) is 7.70. The first kappa shape index (κ1) is 62.4. The maximum Gasteiger partial charge on any atom is 1.00 e. The van der Waals surface area contributed by atoms with E-state index in [0.717, 1.165) is 35.9 Å². The van der Waals surface area contributed by atoms with Crippen molar-refractivity contribution in [3.63, 3.8) is 0 Å². The molecule has 0 amide bonds. The Balaban J connectivity index is 0.000000378. The third-order valence-electron chi connectivity index (χ3n) is 9.70. The van der Waals surface area contributed by atoms with E-state index in [0.29, 0.717) is 34.2 Å². The van der Waals surface area contributed by atoms with Gasteiger partial charge in [-0.15, -0.1) is 10.2 Å². The maximum absolute atomic E-state index is 11.7. The first-order valence-corrected chi connectivity index (χ1v) is 22.5. The number of azo groups is 3. The van der Waals surface area contributed by atoms with Crippen molar-refractivity contribution >= 4 is 99.2 Å². The molecule has 8 aromatic rings. The number of rotatable bonds is 12. The van der Waals surface area contributed by atoms with Gasteiger partial charge in [-0.2, -0.15) is 37.3 Å². The third kappa shape index (κ3) is 15.6. The van der Waals surface area contributed by atoms with Gasteiger partial charge >= 0.3 is 88.7 Å². The minimum atomic E-state index is -4.98. The molecule has 29 heteroatoms. The average Bonchev–Trinajstić information content (AvgIpc) is 3.33. The number of phenols is 4. The van der Waals surface area contributed by atoms with E-state index in [9.17, 15) is 66.6 Å². The summed E-state index contributed by atoms with van der Waals surface area (Å²) in [7, 11) is -9.79. The molecule has 0 heterocycles.